The predicted molar refractivity (Wildman–Crippen MR) is 70.7 cm³/mol. The van der Waals surface area contributed by atoms with Crippen molar-refractivity contribution in [3.8, 4) is 11.3 Å². The molecule has 1 aromatic heterocycles. The van der Waals surface area contributed by atoms with Gasteiger partial charge in [0, 0.05) is 17.1 Å². The van der Waals surface area contributed by atoms with Crippen LogP contribution in [0.5, 0.6) is 0 Å². The number of anilines is 1. The van der Waals surface area contributed by atoms with Crippen molar-refractivity contribution in [2.75, 3.05) is 12.3 Å². The molecule has 1 aromatic rings. The molecule has 1 aliphatic heterocycles. The zero-order valence-electron chi connectivity index (χ0n) is 10.5. The Kier molecular flexibility index (Phi) is 4.57. The van der Waals surface area contributed by atoms with E-state index in [-0.39, 0.29) is 17.7 Å². The molecule has 21 heavy (non-hydrogen) atoms. The molecular formula is C12H10ClF2N3O3. The van der Waals surface area contributed by atoms with Gasteiger partial charge in [0.15, 0.2) is 12.4 Å². The van der Waals surface area contributed by atoms with Crippen molar-refractivity contribution in [2.45, 2.75) is 18.5 Å². The number of ether oxygens (including phenoxy) is 1. The summed E-state index contributed by atoms with van der Waals surface area (Å²) in [5.74, 6) is 2.22. The molecule has 3 unspecified atom stereocenters. The maximum absolute atomic E-state index is 14.1. The van der Waals surface area contributed by atoms with Gasteiger partial charge in [-0.1, -0.05) is 0 Å². The molecule has 3 atom stereocenters. The summed E-state index contributed by atoms with van der Waals surface area (Å²) in [6, 6.07) is 0. The monoisotopic (exact) mass is 317 g/mol. The van der Waals surface area contributed by atoms with Crippen molar-refractivity contribution < 1.29 is 18.6 Å². The minimum Gasteiger partial charge on any atom is -0.393 e. The number of aliphatic hydroxyl groups excluding tert-OH is 1. The van der Waals surface area contributed by atoms with Gasteiger partial charge in [0.2, 0.25) is 0 Å². The SMILES string of the molecule is Nc1nc(=O)n(C2OC(CO)C(=CF)C2F)cc1C#CCl. The quantitative estimate of drug-likeness (QED) is 0.773. The Hall–Kier alpha value is -1.95. The van der Waals surface area contributed by atoms with Gasteiger partial charge in [-0.25, -0.2) is 13.6 Å². The van der Waals surface area contributed by atoms with Crippen molar-refractivity contribution >= 4 is 17.4 Å². The largest absolute Gasteiger partial charge is 0.393 e. The first kappa shape index (κ1) is 15.4. The molecule has 0 aromatic carbocycles. The summed E-state index contributed by atoms with van der Waals surface area (Å²) < 4.78 is 32.8. The summed E-state index contributed by atoms with van der Waals surface area (Å²) >= 11 is 5.25. The number of halogens is 3. The van der Waals surface area contributed by atoms with Crippen LogP contribution in [0.4, 0.5) is 14.6 Å². The Bertz CT molecular complexity index is 695. The van der Waals surface area contributed by atoms with Crippen molar-refractivity contribution in [3.05, 3.63) is 34.1 Å². The third kappa shape index (κ3) is 2.76. The van der Waals surface area contributed by atoms with Crippen molar-refractivity contribution in [3.63, 3.8) is 0 Å². The van der Waals surface area contributed by atoms with Crippen molar-refractivity contribution in [2.24, 2.45) is 0 Å². The van der Waals surface area contributed by atoms with Gasteiger partial charge in [-0.2, -0.15) is 4.98 Å². The second-order valence-electron chi connectivity index (χ2n) is 4.16. The molecule has 0 spiro atoms. The molecule has 1 saturated heterocycles. The second kappa shape index (κ2) is 6.22. The van der Waals surface area contributed by atoms with E-state index in [1.807, 2.05) is 0 Å². The summed E-state index contributed by atoms with van der Waals surface area (Å²) in [6.07, 6.45) is -3.47. The van der Waals surface area contributed by atoms with E-state index in [0.717, 1.165) is 10.8 Å². The van der Waals surface area contributed by atoms with Crippen LogP contribution >= 0.6 is 11.6 Å². The fourth-order valence-corrected chi connectivity index (χ4v) is 2.06. The standard InChI is InChI=1S/C12H10ClF2N3O3/c13-2-1-6-4-18(12(20)17-10(6)16)11-9(15)7(3-14)8(5-19)21-11/h3-4,8-9,11,19H,5H2,(H2,16,17,20). The number of nitrogens with two attached hydrogens (primary N) is 1. The van der Waals surface area contributed by atoms with E-state index >= 15 is 0 Å². The van der Waals surface area contributed by atoms with E-state index in [0.29, 0.717) is 0 Å². The summed E-state index contributed by atoms with van der Waals surface area (Å²) in [4.78, 5) is 15.3. The molecule has 1 fully saturated rings. The molecule has 0 bridgehead atoms. The Morgan fingerprint density at radius 1 is 1.67 bits per heavy atom. The lowest BCUT2D eigenvalue weighted by molar-refractivity contribution is -0.0375. The summed E-state index contributed by atoms with van der Waals surface area (Å²) in [6.45, 7) is -0.627. The first-order valence-corrected chi connectivity index (χ1v) is 6.12. The molecular weight excluding hydrogens is 308 g/mol. The van der Waals surface area contributed by atoms with Gasteiger partial charge in [-0.3, -0.25) is 4.57 Å². The summed E-state index contributed by atoms with van der Waals surface area (Å²) in [5, 5.41) is 11.1. The van der Waals surface area contributed by atoms with E-state index in [1.165, 1.54) is 0 Å². The fraction of sp³-hybridized carbons (Fsp3) is 0.333. The van der Waals surface area contributed by atoms with Gasteiger partial charge in [0.05, 0.1) is 18.5 Å². The number of nitrogens with zero attached hydrogens (tertiary/aromatic N) is 2. The zero-order chi connectivity index (χ0) is 15.6. The number of hydrogen-bond donors (Lipinski definition) is 2. The molecule has 1 aliphatic rings. The van der Waals surface area contributed by atoms with Gasteiger partial charge in [-0.05, 0) is 17.5 Å². The molecule has 3 N–H and O–H groups in total. The number of aliphatic hydroxyl groups is 1. The highest BCUT2D eigenvalue weighted by Crippen LogP contribution is 2.35. The molecule has 2 rings (SSSR count). The zero-order valence-corrected chi connectivity index (χ0v) is 11.2. The first-order chi connectivity index (χ1) is 10.0. The second-order valence-corrected chi connectivity index (χ2v) is 4.35. The fourth-order valence-electron chi connectivity index (χ4n) is 1.95. The van der Waals surface area contributed by atoms with E-state index in [9.17, 15) is 13.6 Å². The lowest BCUT2D eigenvalue weighted by atomic mass is 10.1. The lowest BCUT2D eigenvalue weighted by Crippen LogP contribution is -2.31. The highest BCUT2D eigenvalue weighted by atomic mass is 35.5. The number of aromatic nitrogens is 2. The van der Waals surface area contributed by atoms with E-state index < -0.39 is 36.4 Å². The van der Waals surface area contributed by atoms with Crippen LogP contribution in [0, 0.1) is 11.3 Å². The van der Waals surface area contributed by atoms with Crippen LogP contribution in [0.3, 0.4) is 0 Å². The molecule has 2 heterocycles. The van der Waals surface area contributed by atoms with Crippen LogP contribution in [0.2, 0.25) is 0 Å². The van der Waals surface area contributed by atoms with Crippen LogP contribution < -0.4 is 11.4 Å². The topological polar surface area (TPSA) is 90.4 Å². The first-order valence-electron chi connectivity index (χ1n) is 5.74. The van der Waals surface area contributed by atoms with Gasteiger partial charge < -0.3 is 15.6 Å². The van der Waals surface area contributed by atoms with Crippen molar-refractivity contribution in [1.82, 2.24) is 9.55 Å². The highest BCUT2D eigenvalue weighted by Gasteiger charge is 2.42. The van der Waals surface area contributed by atoms with Crippen LogP contribution in [-0.4, -0.2) is 33.5 Å². The lowest BCUT2D eigenvalue weighted by Gasteiger charge is -2.16. The van der Waals surface area contributed by atoms with E-state index in [1.54, 1.807) is 0 Å². The Balaban J connectivity index is 2.49. The molecule has 0 aliphatic carbocycles. The Labute approximate surface area is 122 Å². The summed E-state index contributed by atoms with van der Waals surface area (Å²) in [7, 11) is 0. The molecule has 9 heteroatoms. The number of alkyl halides is 1. The Morgan fingerprint density at radius 2 is 2.38 bits per heavy atom. The van der Waals surface area contributed by atoms with E-state index in [2.05, 4.69) is 16.3 Å². The maximum Gasteiger partial charge on any atom is 0.351 e. The van der Waals surface area contributed by atoms with Gasteiger partial charge >= 0.3 is 5.69 Å². The third-order valence-electron chi connectivity index (χ3n) is 2.97. The van der Waals surface area contributed by atoms with Crippen LogP contribution in [-0.2, 0) is 4.74 Å². The summed E-state index contributed by atoms with van der Waals surface area (Å²) in [5.41, 5.74) is 4.30. The number of nitrogen functional groups attached to an aromatic ring is 1. The highest BCUT2D eigenvalue weighted by molar-refractivity contribution is 6.30. The average Bonchev–Trinajstić information content (AvgIpc) is 2.78. The maximum atomic E-state index is 14.1. The van der Waals surface area contributed by atoms with Crippen molar-refractivity contribution in [1.29, 1.82) is 0 Å². The minimum absolute atomic E-state index is 0.0147. The number of hydrogen-bond acceptors (Lipinski definition) is 5. The van der Waals surface area contributed by atoms with E-state index in [4.69, 9.17) is 27.2 Å². The molecule has 112 valence electrons. The molecule has 0 saturated carbocycles. The van der Waals surface area contributed by atoms with Crippen LogP contribution in [0.15, 0.2) is 22.9 Å². The smallest absolute Gasteiger partial charge is 0.351 e. The average molecular weight is 318 g/mol. The minimum atomic E-state index is -1.95. The van der Waals surface area contributed by atoms with Crippen LogP contribution in [0.1, 0.15) is 11.8 Å². The normalized spacial score (nSPS) is 26.7. The molecule has 6 nitrogen and oxygen atoms in total. The molecule has 0 radical (unpaired) electrons. The van der Waals surface area contributed by atoms with Crippen LogP contribution in [0.25, 0.3) is 0 Å². The molecule has 0 amide bonds. The number of rotatable bonds is 2. The van der Waals surface area contributed by atoms with Gasteiger partial charge in [0.25, 0.3) is 0 Å². The predicted octanol–water partition coefficient (Wildman–Crippen LogP) is 0.455. The third-order valence-corrected chi connectivity index (χ3v) is 3.07. The Morgan fingerprint density at radius 3 is 2.90 bits per heavy atom. The van der Waals surface area contributed by atoms with Gasteiger partial charge in [-0.15, -0.1) is 0 Å². The van der Waals surface area contributed by atoms with Gasteiger partial charge in [0.1, 0.15) is 11.9 Å².